The Kier molecular flexibility index (Phi) is 23.2. The number of aromatic amines is 2. The smallest absolute Gasteiger partial charge is 0.243 e. The largest absolute Gasteiger partial charge is 0.370 e. The summed E-state index contributed by atoms with van der Waals surface area (Å²) in [7, 11) is 0. The molecule has 0 radical (unpaired) electrons. The van der Waals surface area contributed by atoms with E-state index in [4.69, 9.17) is 17.2 Å². The van der Waals surface area contributed by atoms with E-state index in [2.05, 4.69) is 48.1 Å². The van der Waals surface area contributed by atoms with E-state index in [0.29, 0.717) is 18.5 Å². The van der Waals surface area contributed by atoms with Crippen molar-refractivity contribution in [3.05, 3.63) is 90.1 Å². The van der Waals surface area contributed by atoms with Gasteiger partial charge in [0.25, 0.3) is 0 Å². The number of hydrogen-bond donors (Lipinski definition) is 9. The van der Waals surface area contributed by atoms with Gasteiger partial charge < -0.3 is 48.4 Å². The third-order valence-corrected chi connectivity index (χ3v) is 11.6. The van der Waals surface area contributed by atoms with Crippen LogP contribution in [-0.4, -0.2) is 81.2 Å². The second kappa shape index (κ2) is 29.3. The molecule has 16 heteroatoms. The summed E-state index contributed by atoms with van der Waals surface area (Å²) in [6, 6.07) is 12.2. The van der Waals surface area contributed by atoms with E-state index in [1.807, 2.05) is 54.6 Å². The standard InChI is InChI=1S/C49H73N11O5/c1-2-3-4-5-6-7-8-9-10-11-12-13-14-18-27-44(61)57-43(31-37-33-53-34-56-37)48(65)60-42(29-35-22-16-15-17-23-35)47(64)58-40(26-21-28-54-49(51)52)46(63)59-41(45(50)62)30-36-32-55-39-25-20-19-24-38(36)39/h15-17,19-20,22-25,32-34,40-43,55H,2-14,18,21,26-31H2,1H3,(H2,50,62)(H,53,56)(H,57,61)(H,58,64)(H,59,63)(H,60,65)(H4,51,52,54)/t40-,41-,42+,43-/m0/s1. The summed E-state index contributed by atoms with van der Waals surface area (Å²) in [5.74, 6) is -3.01. The summed E-state index contributed by atoms with van der Waals surface area (Å²) in [6.45, 7) is 2.42. The molecule has 12 N–H and O–H groups in total. The van der Waals surface area contributed by atoms with Gasteiger partial charge in [-0.25, -0.2) is 4.98 Å². The number of nitrogens with two attached hydrogens (primary N) is 3. The van der Waals surface area contributed by atoms with Gasteiger partial charge in [0.1, 0.15) is 24.2 Å². The summed E-state index contributed by atoms with van der Waals surface area (Å²) in [4.78, 5) is 82.7. The number of primary amides is 1. The molecule has 0 aliphatic carbocycles. The summed E-state index contributed by atoms with van der Waals surface area (Å²) in [5.41, 5.74) is 19.9. The quantitative estimate of drug-likeness (QED) is 0.0172. The summed E-state index contributed by atoms with van der Waals surface area (Å²) < 4.78 is 0. The highest BCUT2D eigenvalue weighted by atomic mass is 16.2. The predicted octanol–water partition coefficient (Wildman–Crippen LogP) is 5.27. The second-order valence-corrected chi connectivity index (χ2v) is 17.0. The van der Waals surface area contributed by atoms with Crippen LogP contribution in [0.2, 0.25) is 0 Å². The van der Waals surface area contributed by atoms with Gasteiger partial charge in [0, 0.05) is 61.2 Å². The van der Waals surface area contributed by atoms with Crippen LogP contribution in [0.25, 0.3) is 10.9 Å². The third kappa shape index (κ3) is 19.6. The van der Waals surface area contributed by atoms with Gasteiger partial charge in [-0.05, 0) is 36.5 Å². The molecule has 0 fully saturated rings. The normalized spacial score (nSPS) is 13.0. The number of H-pyrrole nitrogens is 2. The number of amides is 5. The van der Waals surface area contributed by atoms with Crippen LogP contribution in [0.5, 0.6) is 0 Å². The number of rotatable bonds is 33. The first-order chi connectivity index (χ1) is 31.5. The number of nitrogens with one attached hydrogen (secondary N) is 6. The molecular formula is C49H73N11O5. The Morgan fingerprint density at radius 1 is 0.615 bits per heavy atom. The van der Waals surface area contributed by atoms with E-state index in [0.717, 1.165) is 41.3 Å². The van der Waals surface area contributed by atoms with Gasteiger partial charge >= 0.3 is 0 Å². The fraction of sp³-hybridized carbons (Fsp3) is 0.531. The van der Waals surface area contributed by atoms with Crippen LogP contribution in [0.15, 0.2) is 78.3 Å². The molecule has 0 saturated heterocycles. The van der Waals surface area contributed by atoms with E-state index in [1.165, 1.54) is 70.5 Å². The van der Waals surface area contributed by atoms with E-state index in [9.17, 15) is 24.0 Å². The molecule has 65 heavy (non-hydrogen) atoms. The molecule has 354 valence electrons. The molecule has 0 spiro atoms. The van der Waals surface area contributed by atoms with Crippen LogP contribution in [0, 0.1) is 0 Å². The van der Waals surface area contributed by atoms with E-state index in [-0.39, 0.29) is 50.5 Å². The maximum atomic E-state index is 14.3. The Labute approximate surface area is 383 Å². The average molecular weight is 896 g/mol. The van der Waals surface area contributed by atoms with Crippen molar-refractivity contribution in [1.82, 2.24) is 36.2 Å². The number of guanidine groups is 1. The first-order valence-corrected chi connectivity index (χ1v) is 23.6. The number of unbranched alkanes of at least 4 members (excludes halogenated alkanes) is 13. The minimum Gasteiger partial charge on any atom is -0.370 e. The lowest BCUT2D eigenvalue weighted by Gasteiger charge is -2.26. The first kappa shape index (κ1) is 51.4. The van der Waals surface area contributed by atoms with Crippen LogP contribution < -0.4 is 38.5 Å². The molecule has 0 saturated carbocycles. The zero-order valence-corrected chi connectivity index (χ0v) is 38.3. The number of para-hydroxylation sites is 1. The Morgan fingerprint density at radius 2 is 1.18 bits per heavy atom. The number of hydrogen-bond acceptors (Lipinski definition) is 7. The van der Waals surface area contributed by atoms with Gasteiger partial charge in [-0.2, -0.15) is 0 Å². The van der Waals surface area contributed by atoms with E-state index >= 15 is 0 Å². The van der Waals surface area contributed by atoms with E-state index < -0.39 is 47.8 Å². The Hall–Kier alpha value is -6.19. The van der Waals surface area contributed by atoms with Crippen LogP contribution in [0.3, 0.4) is 0 Å². The van der Waals surface area contributed by atoms with Crippen molar-refractivity contribution in [3.63, 3.8) is 0 Å². The molecule has 2 aromatic heterocycles. The Balaban J connectivity index is 1.39. The molecule has 5 amide bonds. The number of fused-ring (bicyclic) bond motifs is 1. The zero-order chi connectivity index (χ0) is 46.7. The molecule has 0 aliphatic heterocycles. The molecular weight excluding hydrogens is 823 g/mol. The molecule has 0 bridgehead atoms. The van der Waals surface area contributed by atoms with Crippen molar-refractivity contribution in [2.75, 3.05) is 6.54 Å². The molecule has 4 rings (SSSR count). The number of imidazole rings is 1. The number of carbonyl (C=O) groups excluding carboxylic acids is 5. The van der Waals surface area contributed by atoms with E-state index in [1.54, 1.807) is 12.4 Å². The highest BCUT2D eigenvalue weighted by Crippen LogP contribution is 2.20. The lowest BCUT2D eigenvalue weighted by Crippen LogP contribution is -2.59. The topological polar surface area (TPSA) is 268 Å². The van der Waals surface area contributed by atoms with Crippen molar-refractivity contribution >= 4 is 46.4 Å². The van der Waals surface area contributed by atoms with Gasteiger partial charge in [-0.3, -0.25) is 29.0 Å². The number of nitrogens with zero attached hydrogens (tertiary/aromatic N) is 2. The number of aromatic nitrogens is 3. The van der Waals surface area contributed by atoms with Crippen LogP contribution in [0.1, 0.15) is 133 Å². The molecule has 4 aromatic rings. The number of aliphatic imine (C=N–C) groups is 1. The third-order valence-electron chi connectivity index (χ3n) is 11.6. The number of carbonyl (C=O) groups is 5. The predicted molar refractivity (Wildman–Crippen MR) is 256 cm³/mol. The van der Waals surface area contributed by atoms with Gasteiger partial charge in [-0.1, -0.05) is 139 Å². The molecule has 0 unspecified atom stereocenters. The Morgan fingerprint density at radius 3 is 1.80 bits per heavy atom. The molecule has 4 atom stereocenters. The van der Waals surface area contributed by atoms with Crippen molar-refractivity contribution in [2.45, 2.75) is 160 Å². The molecule has 16 nitrogen and oxygen atoms in total. The van der Waals surface area contributed by atoms with Crippen LogP contribution >= 0.6 is 0 Å². The van der Waals surface area contributed by atoms with Gasteiger partial charge in [0.2, 0.25) is 29.5 Å². The minimum atomic E-state index is -1.16. The second-order valence-electron chi connectivity index (χ2n) is 17.0. The highest BCUT2D eigenvalue weighted by Gasteiger charge is 2.32. The Bertz CT molecular complexity index is 2050. The lowest BCUT2D eigenvalue weighted by molar-refractivity contribution is -0.134. The SMILES string of the molecule is CCCCCCCCCCCCCCCCC(=O)N[C@@H](Cc1cnc[nH]1)C(=O)N[C@H](Cc1ccccc1)C(=O)N[C@@H](CCCN=C(N)N)C(=O)N[C@@H](Cc1c[nH]c2ccccc12)C(N)=O. The average Bonchev–Trinajstić information content (AvgIpc) is 3.97. The maximum Gasteiger partial charge on any atom is 0.243 e. The minimum absolute atomic E-state index is 0.0784. The number of benzene rings is 2. The monoisotopic (exact) mass is 896 g/mol. The van der Waals surface area contributed by atoms with Crippen molar-refractivity contribution in [3.8, 4) is 0 Å². The fourth-order valence-corrected chi connectivity index (χ4v) is 7.96. The maximum absolute atomic E-state index is 14.3. The lowest BCUT2D eigenvalue weighted by atomic mass is 10.0. The fourth-order valence-electron chi connectivity index (χ4n) is 7.96. The van der Waals surface area contributed by atoms with Gasteiger partial charge in [-0.15, -0.1) is 0 Å². The summed E-state index contributed by atoms with van der Waals surface area (Å²) >= 11 is 0. The first-order valence-electron chi connectivity index (χ1n) is 23.6. The van der Waals surface area contributed by atoms with Crippen LogP contribution in [0.4, 0.5) is 0 Å². The van der Waals surface area contributed by atoms with Crippen molar-refractivity contribution in [1.29, 1.82) is 0 Å². The summed E-state index contributed by atoms with van der Waals surface area (Å²) in [6.07, 6.45) is 22.7. The molecule has 2 heterocycles. The zero-order valence-electron chi connectivity index (χ0n) is 38.3. The van der Waals surface area contributed by atoms with Gasteiger partial charge in [0.05, 0.1) is 6.33 Å². The van der Waals surface area contributed by atoms with Gasteiger partial charge in [0.15, 0.2) is 5.96 Å². The highest BCUT2D eigenvalue weighted by molar-refractivity contribution is 5.96. The summed E-state index contributed by atoms with van der Waals surface area (Å²) in [5, 5.41) is 12.2. The van der Waals surface area contributed by atoms with Crippen LogP contribution in [-0.2, 0) is 43.2 Å². The molecule has 0 aliphatic rings. The molecule has 2 aromatic carbocycles. The van der Waals surface area contributed by atoms with Crippen molar-refractivity contribution in [2.24, 2.45) is 22.2 Å². The van der Waals surface area contributed by atoms with Crippen molar-refractivity contribution < 1.29 is 24.0 Å².